The maximum Gasteiger partial charge on any atom is 0.253 e. The van der Waals surface area contributed by atoms with Crippen molar-refractivity contribution in [1.29, 1.82) is 0 Å². The largest absolute Gasteiger partial charge is 0.380 e. The highest BCUT2D eigenvalue weighted by Gasteiger charge is 2.17. The maximum atomic E-state index is 13.4. The molecule has 0 radical (unpaired) electrons. The minimum absolute atomic E-state index is 0.0759. The number of hydrogen-bond acceptors (Lipinski definition) is 4. The van der Waals surface area contributed by atoms with Crippen molar-refractivity contribution >= 4 is 15.9 Å². The monoisotopic (exact) mass is 304 g/mol. The summed E-state index contributed by atoms with van der Waals surface area (Å²) in [5.74, 6) is -1.34. The third-order valence-electron chi connectivity index (χ3n) is 2.57. The smallest absolute Gasteiger partial charge is 0.253 e. The van der Waals surface area contributed by atoms with Crippen LogP contribution in [0.3, 0.4) is 0 Å². The van der Waals surface area contributed by atoms with Crippen LogP contribution in [0.25, 0.3) is 0 Å². The average molecular weight is 304 g/mol. The molecule has 1 amide bonds. The van der Waals surface area contributed by atoms with E-state index in [2.05, 4.69) is 0 Å². The van der Waals surface area contributed by atoms with Gasteiger partial charge in [0, 0.05) is 25.8 Å². The van der Waals surface area contributed by atoms with E-state index in [-0.39, 0.29) is 5.56 Å². The summed E-state index contributed by atoms with van der Waals surface area (Å²) in [5, 5.41) is 4.93. The molecule has 8 heteroatoms. The number of likely N-dealkylation sites (N-methyl/N-ethyl adjacent to an activating group) is 1. The molecule has 1 aromatic carbocycles. The summed E-state index contributed by atoms with van der Waals surface area (Å²) in [6.07, 6.45) is 0. The zero-order valence-corrected chi connectivity index (χ0v) is 12.1. The molecular formula is C12H17FN2O4S. The van der Waals surface area contributed by atoms with Crippen molar-refractivity contribution in [2.45, 2.75) is 11.8 Å². The number of sulfonamides is 1. The van der Waals surface area contributed by atoms with Crippen molar-refractivity contribution < 1.29 is 22.3 Å². The van der Waals surface area contributed by atoms with Crippen LogP contribution in [0.1, 0.15) is 17.3 Å². The summed E-state index contributed by atoms with van der Waals surface area (Å²) < 4.78 is 40.9. The molecule has 0 aliphatic heterocycles. The molecule has 0 spiro atoms. The standard InChI is InChI=1S/C12H17FN2O4S/c1-3-19-5-4-15(2)12(16)9-6-10(13)8-11(7-9)20(14,17)18/h6-8H,3-5H2,1-2H3,(H2,14,17,18). The van der Waals surface area contributed by atoms with Gasteiger partial charge in [-0.15, -0.1) is 0 Å². The van der Waals surface area contributed by atoms with Crippen LogP contribution in [0, 0.1) is 5.82 Å². The van der Waals surface area contributed by atoms with Crippen LogP contribution in [0.2, 0.25) is 0 Å². The lowest BCUT2D eigenvalue weighted by Crippen LogP contribution is -2.30. The molecule has 1 aromatic rings. The topological polar surface area (TPSA) is 89.7 Å². The van der Waals surface area contributed by atoms with Crippen molar-refractivity contribution in [2.75, 3.05) is 26.8 Å². The molecular weight excluding hydrogens is 287 g/mol. The van der Waals surface area contributed by atoms with Gasteiger partial charge in [0.25, 0.3) is 5.91 Å². The molecule has 0 aromatic heterocycles. The van der Waals surface area contributed by atoms with Crippen molar-refractivity contribution in [1.82, 2.24) is 4.90 Å². The Kier molecular flexibility index (Phi) is 5.61. The number of carbonyl (C=O) groups is 1. The van der Waals surface area contributed by atoms with Gasteiger partial charge in [-0.25, -0.2) is 17.9 Å². The van der Waals surface area contributed by atoms with Crippen molar-refractivity contribution in [3.63, 3.8) is 0 Å². The van der Waals surface area contributed by atoms with Crippen LogP contribution in [0.5, 0.6) is 0 Å². The first-order valence-electron chi connectivity index (χ1n) is 5.92. The Bertz CT molecular complexity index is 589. The molecule has 0 unspecified atom stereocenters. The fraction of sp³-hybridized carbons (Fsp3) is 0.417. The number of nitrogens with zero attached hydrogens (tertiary/aromatic N) is 1. The SMILES string of the molecule is CCOCCN(C)C(=O)c1cc(F)cc(S(N)(=O)=O)c1. The second-order valence-corrected chi connectivity index (χ2v) is 5.71. The number of halogens is 1. The van der Waals surface area contributed by atoms with E-state index in [0.717, 1.165) is 18.2 Å². The van der Waals surface area contributed by atoms with Crippen LogP contribution in [-0.4, -0.2) is 46.0 Å². The Morgan fingerprint density at radius 3 is 2.60 bits per heavy atom. The van der Waals surface area contributed by atoms with Crippen LogP contribution in [0.4, 0.5) is 4.39 Å². The third kappa shape index (κ3) is 4.55. The molecule has 0 heterocycles. The first-order valence-corrected chi connectivity index (χ1v) is 7.47. The van der Waals surface area contributed by atoms with Gasteiger partial charge in [0.05, 0.1) is 11.5 Å². The number of ether oxygens (including phenoxy) is 1. The van der Waals surface area contributed by atoms with Crippen molar-refractivity contribution in [3.8, 4) is 0 Å². The zero-order chi connectivity index (χ0) is 15.3. The summed E-state index contributed by atoms with van der Waals surface area (Å²) in [5.41, 5.74) is -0.0759. The Morgan fingerprint density at radius 2 is 2.05 bits per heavy atom. The Morgan fingerprint density at radius 1 is 1.40 bits per heavy atom. The Hall–Kier alpha value is -1.51. The van der Waals surface area contributed by atoms with Gasteiger partial charge in [0.1, 0.15) is 5.82 Å². The molecule has 1 rings (SSSR count). The molecule has 6 nitrogen and oxygen atoms in total. The third-order valence-corrected chi connectivity index (χ3v) is 3.46. The van der Waals surface area contributed by atoms with Crippen LogP contribution >= 0.6 is 0 Å². The molecule has 0 atom stereocenters. The van der Waals surface area contributed by atoms with E-state index in [1.165, 1.54) is 11.9 Å². The first-order chi connectivity index (χ1) is 9.25. The van der Waals surface area contributed by atoms with Gasteiger partial charge in [0.2, 0.25) is 10.0 Å². The fourth-order valence-electron chi connectivity index (χ4n) is 1.52. The number of rotatable bonds is 6. The molecule has 0 bridgehead atoms. The lowest BCUT2D eigenvalue weighted by Gasteiger charge is -2.17. The molecule has 0 fully saturated rings. The van der Waals surface area contributed by atoms with E-state index < -0.39 is 26.6 Å². The van der Waals surface area contributed by atoms with Gasteiger partial charge in [-0.2, -0.15) is 0 Å². The fourth-order valence-corrected chi connectivity index (χ4v) is 2.09. The summed E-state index contributed by atoms with van der Waals surface area (Å²) in [6.45, 7) is 3.01. The number of primary sulfonamides is 1. The minimum Gasteiger partial charge on any atom is -0.380 e. The molecule has 0 aliphatic rings. The summed E-state index contributed by atoms with van der Waals surface area (Å²) in [7, 11) is -2.55. The van der Waals surface area contributed by atoms with E-state index in [0.29, 0.717) is 19.8 Å². The highest BCUT2D eigenvalue weighted by molar-refractivity contribution is 7.89. The molecule has 0 saturated carbocycles. The van der Waals surface area contributed by atoms with Crippen LogP contribution in [-0.2, 0) is 14.8 Å². The minimum atomic E-state index is -4.06. The predicted molar refractivity (Wildman–Crippen MR) is 71.2 cm³/mol. The van der Waals surface area contributed by atoms with E-state index in [1.807, 2.05) is 6.92 Å². The Labute approximate surface area is 117 Å². The summed E-state index contributed by atoms with van der Waals surface area (Å²) in [6, 6.07) is 2.79. The second kappa shape index (κ2) is 6.78. The number of carbonyl (C=O) groups excluding carboxylic acids is 1. The van der Waals surface area contributed by atoms with E-state index >= 15 is 0 Å². The highest BCUT2D eigenvalue weighted by atomic mass is 32.2. The van der Waals surface area contributed by atoms with Gasteiger partial charge < -0.3 is 9.64 Å². The summed E-state index contributed by atoms with van der Waals surface area (Å²) >= 11 is 0. The van der Waals surface area contributed by atoms with E-state index in [1.54, 1.807) is 0 Å². The average Bonchev–Trinajstić information content (AvgIpc) is 2.36. The molecule has 0 saturated heterocycles. The van der Waals surface area contributed by atoms with Gasteiger partial charge in [-0.05, 0) is 25.1 Å². The molecule has 112 valence electrons. The second-order valence-electron chi connectivity index (χ2n) is 4.14. The number of hydrogen-bond donors (Lipinski definition) is 1. The molecule has 20 heavy (non-hydrogen) atoms. The van der Waals surface area contributed by atoms with Crippen molar-refractivity contribution in [3.05, 3.63) is 29.6 Å². The highest BCUT2D eigenvalue weighted by Crippen LogP contribution is 2.14. The quantitative estimate of drug-likeness (QED) is 0.779. The van der Waals surface area contributed by atoms with Gasteiger partial charge in [-0.3, -0.25) is 4.79 Å². The number of amides is 1. The van der Waals surface area contributed by atoms with E-state index in [4.69, 9.17) is 9.88 Å². The van der Waals surface area contributed by atoms with Gasteiger partial charge in [-0.1, -0.05) is 0 Å². The first kappa shape index (κ1) is 16.5. The van der Waals surface area contributed by atoms with Crippen molar-refractivity contribution in [2.24, 2.45) is 5.14 Å². The summed E-state index contributed by atoms with van der Waals surface area (Å²) in [4.78, 5) is 12.9. The van der Waals surface area contributed by atoms with Gasteiger partial charge >= 0.3 is 0 Å². The predicted octanol–water partition coefficient (Wildman–Crippen LogP) is 0.582. The van der Waals surface area contributed by atoms with Crippen LogP contribution < -0.4 is 5.14 Å². The lowest BCUT2D eigenvalue weighted by molar-refractivity contribution is 0.0709. The van der Waals surface area contributed by atoms with E-state index in [9.17, 15) is 17.6 Å². The van der Waals surface area contributed by atoms with Crippen LogP contribution in [0.15, 0.2) is 23.1 Å². The Balaban J connectivity index is 2.96. The maximum absolute atomic E-state index is 13.4. The number of benzene rings is 1. The van der Waals surface area contributed by atoms with Gasteiger partial charge in [0.15, 0.2) is 0 Å². The molecule has 0 aliphatic carbocycles. The molecule has 2 N–H and O–H groups in total. The lowest BCUT2D eigenvalue weighted by atomic mass is 10.2. The number of nitrogens with two attached hydrogens (primary N) is 1. The normalized spacial score (nSPS) is 11.4. The zero-order valence-electron chi connectivity index (χ0n) is 11.3.